The summed E-state index contributed by atoms with van der Waals surface area (Å²) in [6, 6.07) is 3.55. The number of ether oxygens (including phenoxy) is 2. The molecule has 4 nitrogen and oxygen atoms in total. The monoisotopic (exact) mass is 256 g/mol. The van der Waals surface area contributed by atoms with Crippen LogP contribution in [0.15, 0.2) is 18.2 Å². The molecule has 100 valence electrons. The van der Waals surface area contributed by atoms with Crippen LogP contribution < -0.4 is 10.2 Å². The molecule has 0 radical (unpaired) electrons. The lowest BCUT2D eigenvalue weighted by Gasteiger charge is -2.12. The van der Waals surface area contributed by atoms with Gasteiger partial charge in [-0.25, -0.2) is 4.39 Å². The molecule has 0 aliphatic carbocycles. The molecule has 0 fully saturated rings. The van der Waals surface area contributed by atoms with Crippen molar-refractivity contribution in [3.8, 4) is 5.75 Å². The Morgan fingerprint density at radius 3 is 2.61 bits per heavy atom. The Hall–Kier alpha value is -1.11. The Morgan fingerprint density at radius 2 is 2.00 bits per heavy atom. The summed E-state index contributed by atoms with van der Waals surface area (Å²) in [5.74, 6) is 0.0737. The molecule has 6 heteroatoms. The van der Waals surface area contributed by atoms with Crippen LogP contribution in [0.5, 0.6) is 5.75 Å². The summed E-state index contributed by atoms with van der Waals surface area (Å²) < 4.78 is 23.6. The Bertz CT molecular complexity index is 371. The highest BCUT2D eigenvalue weighted by Gasteiger charge is 2.17. The molecule has 1 rings (SSSR count). The van der Waals surface area contributed by atoms with E-state index in [1.165, 1.54) is 6.07 Å². The van der Waals surface area contributed by atoms with Gasteiger partial charge in [0.05, 0.1) is 6.61 Å². The smallest absolute Gasteiger partial charge is 0.491 e. The van der Waals surface area contributed by atoms with E-state index in [2.05, 4.69) is 0 Å². The molecule has 0 saturated carbocycles. The van der Waals surface area contributed by atoms with Crippen LogP contribution in [0.25, 0.3) is 0 Å². The van der Waals surface area contributed by atoms with E-state index in [-0.39, 0.29) is 17.8 Å². The van der Waals surface area contributed by atoms with Crippen molar-refractivity contribution in [2.75, 3.05) is 19.8 Å². The van der Waals surface area contributed by atoms with Crippen LogP contribution in [0, 0.1) is 11.7 Å². The van der Waals surface area contributed by atoms with Crippen LogP contribution >= 0.6 is 0 Å². The van der Waals surface area contributed by atoms with Crippen LogP contribution in [-0.2, 0) is 4.74 Å². The summed E-state index contributed by atoms with van der Waals surface area (Å²) in [7, 11) is -1.68. The van der Waals surface area contributed by atoms with E-state index in [4.69, 9.17) is 19.5 Å². The first-order valence-corrected chi connectivity index (χ1v) is 5.87. The number of hydrogen-bond acceptors (Lipinski definition) is 4. The van der Waals surface area contributed by atoms with Gasteiger partial charge in [0.15, 0.2) is 0 Å². The standard InChI is InChI=1S/C12H18BFO4/c1-9(2)8-17-5-6-18-12-7-10(14)3-4-11(12)13(15)16/h3-4,7,9,15-16H,5-6,8H2,1-2H3. The highest BCUT2D eigenvalue weighted by Crippen LogP contribution is 2.10. The summed E-state index contributed by atoms with van der Waals surface area (Å²) in [5, 5.41) is 18.2. The highest BCUT2D eigenvalue weighted by atomic mass is 19.1. The predicted molar refractivity (Wildman–Crippen MR) is 67.4 cm³/mol. The van der Waals surface area contributed by atoms with Gasteiger partial charge >= 0.3 is 7.12 Å². The molecule has 0 aromatic heterocycles. The maximum Gasteiger partial charge on any atom is 0.492 e. The molecule has 0 aliphatic heterocycles. The average molecular weight is 256 g/mol. The molecular formula is C12H18BFO4. The summed E-state index contributed by atoms with van der Waals surface area (Å²) >= 11 is 0. The third-order valence-electron chi connectivity index (χ3n) is 2.19. The fraction of sp³-hybridized carbons (Fsp3) is 0.500. The van der Waals surface area contributed by atoms with Crippen molar-refractivity contribution in [2.24, 2.45) is 5.92 Å². The lowest BCUT2D eigenvalue weighted by atomic mass is 9.79. The second-order valence-corrected chi connectivity index (χ2v) is 4.37. The Kier molecular flexibility index (Phi) is 6.11. The van der Waals surface area contributed by atoms with Crippen LogP contribution in [-0.4, -0.2) is 37.0 Å². The minimum absolute atomic E-state index is 0.123. The Labute approximate surface area is 106 Å². The summed E-state index contributed by atoms with van der Waals surface area (Å²) in [6.45, 7) is 5.30. The van der Waals surface area contributed by atoms with Crippen LogP contribution in [0.2, 0.25) is 0 Å². The highest BCUT2D eigenvalue weighted by molar-refractivity contribution is 6.59. The zero-order chi connectivity index (χ0) is 13.5. The second kappa shape index (κ2) is 7.36. The molecular weight excluding hydrogens is 238 g/mol. The van der Waals surface area contributed by atoms with E-state index in [0.29, 0.717) is 19.1 Å². The Morgan fingerprint density at radius 1 is 1.28 bits per heavy atom. The summed E-state index contributed by atoms with van der Waals surface area (Å²) in [6.07, 6.45) is 0. The van der Waals surface area contributed by atoms with Gasteiger partial charge < -0.3 is 19.5 Å². The summed E-state index contributed by atoms with van der Waals surface area (Å²) in [5.41, 5.74) is 0.139. The number of hydrogen-bond donors (Lipinski definition) is 2. The van der Waals surface area contributed by atoms with Crippen LogP contribution in [0.1, 0.15) is 13.8 Å². The third-order valence-corrected chi connectivity index (χ3v) is 2.19. The fourth-order valence-corrected chi connectivity index (χ4v) is 1.38. The normalized spacial score (nSPS) is 10.8. The number of benzene rings is 1. The molecule has 0 amide bonds. The van der Waals surface area contributed by atoms with Crippen molar-refractivity contribution >= 4 is 12.6 Å². The van der Waals surface area contributed by atoms with Crippen molar-refractivity contribution in [3.05, 3.63) is 24.0 Å². The third kappa shape index (κ3) is 5.04. The molecule has 18 heavy (non-hydrogen) atoms. The van der Waals surface area contributed by atoms with Crippen LogP contribution in [0.4, 0.5) is 4.39 Å². The first-order chi connectivity index (χ1) is 8.50. The van der Waals surface area contributed by atoms with Gasteiger partial charge in [-0.2, -0.15) is 0 Å². The van der Waals surface area contributed by atoms with E-state index < -0.39 is 12.9 Å². The van der Waals surface area contributed by atoms with E-state index >= 15 is 0 Å². The quantitative estimate of drug-likeness (QED) is 0.552. The van der Waals surface area contributed by atoms with Crippen LogP contribution in [0.3, 0.4) is 0 Å². The number of halogens is 1. The zero-order valence-corrected chi connectivity index (χ0v) is 10.6. The number of rotatable bonds is 7. The van der Waals surface area contributed by atoms with Gasteiger partial charge in [-0.05, 0) is 12.0 Å². The Balaban J connectivity index is 2.48. The second-order valence-electron chi connectivity index (χ2n) is 4.37. The lowest BCUT2D eigenvalue weighted by Crippen LogP contribution is -2.32. The fourth-order valence-electron chi connectivity index (χ4n) is 1.38. The SMILES string of the molecule is CC(C)COCCOc1cc(F)ccc1B(O)O. The molecule has 0 unspecified atom stereocenters. The molecule has 0 spiro atoms. The first kappa shape index (κ1) is 15.0. The van der Waals surface area contributed by atoms with Gasteiger partial charge in [-0.1, -0.05) is 19.9 Å². The van der Waals surface area contributed by atoms with Gasteiger partial charge in [0, 0.05) is 18.1 Å². The summed E-state index contributed by atoms with van der Waals surface area (Å²) in [4.78, 5) is 0. The van der Waals surface area contributed by atoms with E-state index in [0.717, 1.165) is 12.1 Å². The van der Waals surface area contributed by atoms with Gasteiger partial charge in [0.2, 0.25) is 0 Å². The largest absolute Gasteiger partial charge is 0.492 e. The minimum Gasteiger partial charge on any atom is -0.491 e. The van der Waals surface area contributed by atoms with Gasteiger partial charge in [0.25, 0.3) is 0 Å². The van der Waals surface area contributed by atoms with Gasteiger partial charge in [0.1, 0.15) is 18.2 Å². The molecule has 1 aromatic rings. The minimum atomic E-state index is -1.68. The molecule has 0 aliphatic rings. The van der Waals surface area contributed by atoms with Crippen molar-refractivity contribution < 1.29 is 23.9 Å². The molecule has 1 aromatic carbocycles. The van der Waals surface area contributed by atoms with Crippen molar-refractivity contribution in [2.45, 2.75) is 13.8 Å². The molecule has 0 atom stereocenters. The average Bonchev–Trinajstić information content (AvgIpc) is 2.27. The molecule has 2 N–H and O–H groups in total. The van der Waals surface area contributed by atoms with E-state index in [9.17, 15) is 4.39 Å². The van der Waals surface area contributed by atoms with E-state index in [1.54, 1.807) is 0 Å². The molecule has 0 heterocycles. The zero-order valence-electron chi connectivity index (χ0n) is 10.6. The maximum atomic E-state index is 13.0. The maximum absolute atomic E-state index is 13.0. The predicted octanol–water partition coefficient (Wildman–Crippen LogP) is 0.557. The van der Waals surface area contributed by atoms with Crippen molar-refractivity contribution in [1.29, 1.82) is 0 Å². The molecule has 0 bridgehead atoms. The van der Waals surface area contributed by atoms with E-state index in [1.807, 2.05) is 13.8 Å². The lowest BCUT2D eigenvalue weighted by molar-refractivity contribution is 0.0820. The van der Waals surface area contributed by atoms with Gasteiger partial charge in [-0.3, -0.25) is 0 Å². The molecule has 0 saturated heterocycles. The van der Waals surface area contributed by atoms with Crippen molar-refractivity contribution in [1.82, 2.24) is 0 Å². The topological polar surface area (TPSA) is 58.9 Å². The first-order valence-electron chi connectivity index (χ1n) is 5.87. The van der Waals surface area contributed by atoms with Gasteiger partial charge in [-0.15, -0.1) is 0 Å². The van der Waals surface area contributed by atoms with Crippen molar-refractivity contribution in [3.63, 3.8) is 0 Å².